The van der Waals surface area contributed by atoms with E-state index in [4.69, 9.17) is 5.11 Å². The quantitative estimate of drug-likeness (QED) is 0.714. The molecule has 7 heteroatoms. The molecule has 1 fully saturated rings. The van der Waals surface area contributed by atoms with Crippen molar-refractivity contribution in [3.63, 3.8) is 0 Å². The smallest absolute Gasteiger partial charge is 0.317 e. The van der Waals surface area contributed by atoms with Crippen LogP contribution in [0.5, 0.6) is 0 Å². The second-order valence-electron chi connectivity index (χ2n) is 5.11. The van der Waals surface area contributed by atoms with Crippen LogP contribution < -0.4 is 5.32 Å². The summed E-state index contributed by atoms with van der Waals surface area (Å²) >= 11 is 0. The van der Waals surface area contributed by atoms with Gasteiger partial charge in [0.2, 0.25) is 5.91 Å². The van der Waals surface area contributed by atoms with Gasteiger partial charge in [-0.2, -0.15) is 0 Å². The van der Waals surface area contributed by atoms with Gasteiger partial charge in [-0.05, 0) is 12.8 Å². The molecule has 0 radical (unpaired) electrons. The highest BCUT2D eigenvalue weighted by atomic mass is 16.4. The van der Waals surface area contributed by atoms with Gasteiger partial charge in [-0.1, -0.05) is 6.92 Å². The Balaban J connectivity index is 2.18. The summed E-state index contributed by atoms with van der Waals surface area (Å²) in [4.78, 5) is 37.0. The molecule has 1 aliphatic rings. The summed E-state index contributed by atoms with van der Waals surface area (Å²) < 4.78 is 0. The molecule has 0 aromatic rings. The minimum atomic E-state index is -0.809. The molecule has 114 valence electrons. The molecule has 1 atom stereocenters. The molecular weight excluding hydrogens is 262 g/mol. The second kappa shape index (κ2) is 7.72. The van der Waals surface area contributed by atoms with Crippen molar-refractivity contribution in [1.29, 1.82) is 0 Å². The molecule has 0 spiro atoms. The Kier molecular flexibility index (Phi) is 6.27. The van der Waals surface area contributed by atoms with Gasteiger partial charge in [0.1, 0.15) is 0 Å². The van der Waals surface area contributed by atoms with Crippen molar-refractivity contribution in [2.75, 3.05) is 32.7 Å². The number of urea groups is 1. The fourth-order valence-corrected chi connectivity index (χ4v) is 2.06. The minimum Gasteiger partial charge on any atom is -0.481 e. The van der Waals surface area contributed by atoms with E-state index in [1.165, 1.54) is 6.92 Å². The molecule has 1 rings (SSSR count). The fourth-order valence-electron chi connectivity index (χ4n) is 2.06. The molecule has 3 amide bonds. The summed E-state index contributed by atoms with van der Waals surface area (Å²) in [7, 11) is 0. The number of carboxylic acid groups (broad SMARTS) is 1. The SMILES string of the molecule is CC(=O)N1CCN(C(=O)NCCCC(C)C(=O)O)CC1. The van der Waals surface area contributed by atoms with Crippen LogP contribution in [-0.2, 0) is 9.59 Å². The molecule has 0 aromatic carbocycles. The molecule has 1 unspecified atom stereocenters. The lowest BCUT2D eigenvalue weighted by Crippen LogP contribution is -2.52. The largest absolute Gasteiger partial charge is 0.481 e. The monoisotopic (exact) mass is 285 g/mol. The third kappa shape index (κ3) is 5.07. The molecule has 7 nitrogen and oxygen atoms in total. The first-order valence-electron chi connectivity index (χ1n) is 6.93. The highest BCUT2D eigenvalue weighted by Gasteiger charge is 2.21. The third-order valence-corrected chi connectivity index (χ3v) is 3.52. The summed E-state index contributed by atoms with van der Waals surface area (Å²) in [6, 6.07) is -0.142. The third-order valence-electron chi connectivity index (χ3n) is 3.52. The van der Waals surface area contributed by atoms with Gasteiger partial charge in [0.25, 0.3) is 0 Å². The van der Waals surface area contributed by atoms with E-state index in [1.807, 2.05) is 0 Å². The van der Waals surface area contributed by atoms with Crippen LogP contribution in [0.3, 0.4) is 0 Å². The molecule has 1 aliphatic heterocycles. The zero-order valence-electron chi connectivity index (χ0n) is 12.1. The number of hydrogen-bond acceptors (Lipinski definition) is 3. The Morgan fingerprint density at radius 1 is 1.15 bits per heavy atom. The van der Waals surface area contributed by atoms with Gasteiger partial charge >= 0.3 is 12.0 Å². The van der Waals surface area contributed by atoms with Crippen molar-refractivity contribution in [1.82, 2.24) is 15.1 Å². The van der Waals surface area contributed by atoms with E-state index in [9.17, 15) is 14.4 Å². The van der Waals surface area contributed by atoms with E-state index in [-0.39, 0.29) is 17.9 Å². The summed E-state index contributed by atoms with van der Waals surface area (Å²) in [6.45, 7) is 5.87. The van der Waals surface area contributed by atoms with Gasteiger partial charge < -0.3 is 20.2 Å². The molecule has 20 heavy (non-hydrogen) atoms. The van der Waals surface area contributed by atoms with E-state index in [1.54, 1.807) is 16.7 Å². The Hall–Kier alpha value is -1.79. The summed E-state index contributed by atoms with van der Waals surface area (Å²) in [5.41, 5.74) is 0. The number of carbonyl (C=O) groups is 3. The van der Waals surface area contributed by atoms with E-state index in [2.05, 4.69) is 5.32 Å². The number of carbonyl (C=O) groups excluding carboxylic acids is 2. The van der Waals surface area contributed by atoms with Crippen molar-refractivity contribution >= 4 is 17.9 Å². The van der Waals surface area contributed by atoms with Crippen LogP contribution in [0.1, 0.15) is 26.7 Å². The van der Waals surface area contributed by atoms with Crippen molar-refractivity contribution in [2.45, 2.75) is 26.7 Å². The van der Waals surface area contributed by atoms with Crippen molar-refractivity contribution in [3.05, 3.63) is 0 Å². The van der Waals surface area contributed by atoms with Crippen molar-refractivity contribution < 1.29 is 19.5 Å². The van der Waals surface area contributed by atoms with Gasteiger partial charge in [-0.3, -0.25) is 9.59 Å². The normalized spacial score (nSPS) is 16.7. The fraction of sp³-hybridized carbons (Fsp3) is 0.769. The molecule has 2 N–H and O–H groups in total. The molecule has 0 aromatic heterocycles. The van der Waals surface area contributed by atoms with Crippen LogP contribution in [0.2, 0.25) is 0 Å². The standard InChI is InChI=1S/C13H23N3O4/c1-10(12(18)19)4-3-5-14-13(20)16-8-6-15(7-9-16)11(2)17/h10H,3-9H2,1-2H3,(H,14,20)(H,18,19). The Labute approximate surface area is 118 Å². The van der Waals surface area contributed by atoms with Crippen molar-refractivity contribution in [2.24, 2.45) is 5.92 Å². The zero-order chi connectivity index (χ0) is 15.1. The summed E-state index contributed by atoms with van der Waals surface area (Å²) in [5.74, 6) is -1.16. The first-order valence-corrected chi connectivity index (χ1v) is 6.93. The van der Waals surface area contributed by atoms with Gasteiger partial charge in [0.15, 0.2) is 0 Å². The predicted molar refractivity (Wildman–Crippen MR) is 73.3 cm³/mol. The van der Waals surface area contributed by atoms with Crippen LogP contribution in [0, 0.1) is 5.92 Å². The van der Waals surface area contributed by atoms with E-state index in [0.717, 1.165) is 0 Å². The van der Waals surface area contributed by atoms with Crippen LogP contribution in [0.4, 0.5) is 4.79 Å². The van der Waals surface area contributed by atoms with Gasteiger partial charge in [0.05, 0.1) is 5.92 Å². The maximum Gasteiger partial charge on any atom is 0.317 e. The lowest BCUT2D eigenvalue weighted by atomic mass is 10.1. The maximum absolute atomic E-state index is 11.8. The lowest BCUT2D eigenvalue weighted by molar-refractivity contribution is -0.141. The number of piperazine rings is 1. The van der Waals surface area contributed by atoms with Crippen LogP contribution in [0.25, 0.3) is 0 Å². The first kappa shape index (κ1) is 16.3. The van der Waals surface area contributed by atoms with E-state index < -0.39 is 5.97 Å². The van der Waals surface area contributed by atoms with E-state index in [0.29, 0.717) is 45.6 Å². The number of carboxylic acids is 1. The van der Waals surface area contributed by atoms with Gasteiger partial charge in [-0.25, -0.2) is 4.79 Å². The molecule has 0 aliphatic carbocycles. The average Bonchev–Trinajstić information content (AvgIpc) is 2.43. The summed E-state index contributed by atoms with van der Waals surface area (Å²) in [5, 5.41) is 11.5. The zero-order valence-corrected chi connectivity index (χ0v) is 12.1. The van der Waals surface area contributed by atoms with E-state index >= 15 is 0 Å². The maximum atomic E-state index is 11.8. The first-order chi connectivity index (χ1) is 9.41. The average molecular weight is 285 g/mol. The summed E-state index contributed by atoms with van der Waals surface area (Å²) in [6.07, 6.45) is 1.19. The minimum absolute atomic E-state index is 0.0349. The lowest BCUT2D eigenvalue weighted by Gasteiger charge is -2.34. The molecule has 0 bridgehead atoms. The van der Waals surface area contributed by atoms with Crippen molar-refractivity contribution in [3.8, 4) is 0 Å². The molecule has 0 saturated carbocycles. The Bertz CT molecular complexity index is 365. The van der Waals surface area contributed by atoms with Crippen LogP contribution in [0.15, 0.2) is 0 Å². The van der Waals surface area contributed by atoms with Crippen LogP contribution in [-0.4, -0.2) is 65.5 Å². The highest BCUT2D eigenvalue weighted by Crippen LogP contribution is 2.05. The molecule has 1 heterocycles. The topological polar surface area (TPSA) is 90.0 Å². The van der Waals surface area contributed by atoms with Gasteiger partial charge in [-0.15, -0.1) is 0 Å². The predicted octanol–water partition coefficient (Wildman–Crippen LogP) is 0.361. The number of rotatable bonds is 5. The Morgan fingerprint density at radius 3 is 2.20 bits per heavy atom. The Morgan fingerprint density at radius 2 is 1.70 bits per heavy atom. The van der Waals surface area contributed by atoms with Crippen LogP contribution >= 0.6 is 0 Å². The number of nitrogens with zero attached hydrogens (tertiary/aromatic N) is 2. The second-order valence-corrected chi connectivity index (χ2v) is 5.11. The number of nitrogens with one attached hydrogen (secondary N) is 1. The number of amides is 3. The molecule has 1 saturated heterocycles. The van der Waals surface area contributed by atoms with Gasteiger partial charge in [0, 0.05) is 39.6 Å². The number of hydrogen-bond donors (Lipinski definition) is 2. The molecular formula is C13H23N3O4. The highest BCUT2D eigenvalue weighted by molar-refractivity contribution is 5.76. The number of aliphatic carboxylic acids is 1.